The molecule has 0 saturated carbocycles. The van der Waals surface area contributed by atoms with Gasteiger partial charge in [-0.3, -0.25) is 9.59 Å². The Morgan fingerprint density at radius 2 is 2.38 bits per heavy atom. The van der Waals surface area contributed by atoms with Gasteiger partial charge in [0, 0.05) is 19.5 Å². The van der Waals surface area contributed by atoms with Crippen LogP contribution in [-0.2, 0) is 9.59 Å². The summed E-state index contributed by atoms with van der Waals surface area (Å²) in [6, 6.07) is 0. The quantitative estimate of drug-likeness (QED) is 0.720. The van der Waals surface area contributed by atoms with Gasteiger partial charge in [-0.15, -0.1) is 0 Å². The average Bonchev–Trinajstić information content (AvgIpc) is 2.26. The van der Waals surface area contributed by atoms with Crippen LogP contribution in [0.5, 0.6) is 0 Å². The Labute approximate surface area is 100 Å². The first-order valence-electron chi connectivity index (χ1n) is 5.73. The Morgan fingerprint density at radius 3 is 3.00 bits per heavy atom. The molecule has 1 atom stereocenters. The molecule has 0 spiro atoms. The average molecular weight is 245 g/mol. The molecule has 1 N–H and O–H groups in total. The van der Waals surface area contributed by atoms with Crippen molar-refractivity contribution in [2.75, 3.05) is 24.6 Å². The molecule has 0 radical (unpaired) electrons. The van der Waals surface area contributed by atoms with E-state index >= 15 is 0 Å². The van der Waals surface area contributed by atoms with E-state index in [4.69, 9.17) is 5.11 Å². The number of amides is 1. The molecule has 1 fully saturated rings. The minimum absolute atomic E-state index is 0.110. The summed E-state index contributed by atoms with van der Waals surface area (Å²) in [7, 11) is 0. The highest BCUT2D eigenvalue weighted by molar-refractivity contribution is 7.99. The number of carboxylic acids is 1. The van der Waals surface area contributed by atoms with Gasteiger partial charge >= 0.3 is 5.97 Å². The fraction of sp³-hybridized carbons (Fsp3) is 0.818. The zero-order valence-corrected chi connectivity index (χ0v) is 10.5. The van der Waals surface area contributed by atoms with Crippen molar-refractivity contribution in [2.45, 2.75) is 26.2 Å². The predicted molar refractivity (Wildman–Crippen MR) is 64.6 cm³/mol. The smallest absolute Gasteiger partial charge is 0.308 e. The molecule has 0 aliphatic carbocycles. The largest absolute Gasteiger partial charge is 0.481 e. The SMILES string of the molecule is CCSCCCN1CC(C(=O)O)CCC1=O. The molecule has 1 saturated heterocycles. The molecule has 16 heavy (non-hydrogen) atoms. The standard InChI is InChI=1S/C11H19NO3S/c1-2-16-7-3-6-12-8-9(11(14)15)4-5-10(12)13/h9H,2-8H2,1H3,(H,14,15). The van der Waals surface area contributed by atoms with Gasteiger partial charge in [-0.1, -0.05) is 6.92 Å². The maximum Gasteiger partial charge on any atom is 0.308 e. The third-order valence-electron chi connectivity index (χ3n) is 2.77. The molecule has 5 heteroatoms. The lowest BCUT2D eigenvalue weighted by Crippen LogP contribution is -2.43. The van der Waals surface area contributed by atoms with Crippen LogP contribution in [-0.4, -0.2) is 46.5 Å². The number of thioether (sulfide) groups is 1. The normalized spacial score (nSPS) is 21.2. The molecule has 4 nitrogen and oxygen atoms in total. The van der Waals surface area contributed by atoms with Crippen LogP contribution in [0.15, 0.2) is 0 Å². The highest BCUT2D eigenvalue weighted by Gasteiger charge is 2.29. The zero-order chi connectivity index (χ0) is 12.0. The van der Waals surface area contributed by atoms with Crippen molar-refractivity contribution in [1.82, 2.24) is 4.90 Å². The molecule has 0 aromatic heterocycles. The maximum atomic E-state index is 11.6. The number of piperidine rings is 1. The summed E-state index contributed by atoms with van der Waals surface area (Å²) in [6.45, 7) is 3.21. The van der Waals surface area contributed by atoms with Gasteiger partial charge in [-0.05, 0) is 24.3 Å². The second kappa shape index (κ2) is 6.78. The third-order valence-corrected chi connectivity index (χ3v) is 3.76. The number of carbonyl (C=O) groups is 2. The number of likely N-dealkylation sites (tertiary alicyclic amines) is 1. The van der Waals surface area contributed by atoms with Gasteiger partial charge in [0.25, 0.3) is 0 Å². The summed E-state index contributed by atoms with van der Waals surface area (Å²) < 4.78 is 0. The van der Waals surface area contributed by atoms with Crippen LogP contribution in [0.1, 0.15) is 26.2 Å². The molecule has 1 aliphatic rings. The van der Waals surface area contributed by atoms with E-state index in [2.05, 4.69) is 6.92 Å². The molecule has 1 rings (SSSR count). The highest BCUT2D eigenvalue weighted by Crippen LogP contribution is 2.18. The Bertz CT molecular complexity index is 258. The van der Waals surface area contributed by atoms with Crippen molar-refractivity contribution >= 4 is 23.6 Å². The van der Waals surface area contributed by atoms with Crippen LogP contribution < -0.4 is 0 Å². The maximum absolute atomic E-state index is 11.6. The van der Waals surface area contributed by atoms with Gasteiger partial charge in [-0.2, -0.15) is 11.8 Å². The van der Waals surface area contributed by atoms with Crippen LogP contribution in [0.3, 0.4) is 0 Å². The fourth-order valence-corrected chi connectivity index (χ4v) is 2.46. The number of carboxylic acid groups (broad SMARTS) is 1. The van der Waals surface area contributed by atoms with Gasteiger partial charge in [0.1, 0.15) is 0 Å². The lowest BCUT2D eigenvalue weighted by Gasteiger charge is -2.30. The van der Waals surface area contributed by atoms with Gasteiger partial charge in [0.15, 0.2) is 0 Å². The number of hydrogen-bond acceptors (Lipinski definition) is 3. The lowest BCUT2D eigenvalue weighted by molar-refractivity contribution is -0.147. The molecule has 1 heterocycles. The molecule has 1 amide bonds. The van der Waals surface area contributed by atoms with E-state index in [9.17, 15) is 9.59 Å². The predicted octanol–water partition coefficient (Wildman–Crippen LogP) is 1.45. The summed E-state index contributed by atoms with van der Waals surface area (Å²) in [5, 5.41) is 8.91. The third kappa shape index (κ3) is 4.04. The van der Waals surface area contributed by atoms with Crippen LogP contribution in [0.2, 0.25) is 0 Å². The van der Waals surface area contributed by atoms with Crippen molar-refractivity contribution in [3.8, 4) is 0 Å². The summed E-state index contributed by atoms with van der Waals surface area (Å²) in [5.41, 5.74) is 0. The minimum Gasteiger partial charge on any atom is -0.481 e. The molecule has 1 aliphatic heterocycles. The second-order valence-electron chi connectivity index (χ2n) is 3.96. The molecule has 0 aromatic rings. The van der Waals surface area contributed by atoms with Crippen molar-refractivity contribution in [3.63, 3.8) is 0 Å². The van der Waals surface area contributed by atoms with Crippen LogP contribution in [0.4, 0.5) is 0 Å². The van der Waals surface area contributed by atoms with Gasteiger partial charge in [0.2, 0.25) is 5.91 Å². The van der Waals surface area contributed by atoms with E-state index in [1.165, 1.54) is 0 Å². The lowest BCUT2D eigenvalue weighted by atomic mass is 9.98. The van der Waals surface area contributed by atoms with E-state index in [0.29, 0.717) is 25.9 Å². The van der Waals surface area contributed by atoms with Crippen LogP contribution in [0.25, 0.3) is 0 Å². The monoisotopic (exact) mass is 245 g/mol. The first-order valence-corrected chi connectivity index (χ1v) is 6.89. The van der Waals surface area contributed by atoms with Gasteiger partial charge in [-0.25, -0.2) is 0 Å². The van der Waals surface area contributed by atoms with Gasteiger partial charge < -0.3 is 10.0 Å². The Kier molecular flexibility index (Phi) is 5.66. The molecule has 92 valence electrons. The van der Waals surface area contributed by atoms with Crippen molar-refractivity contribution in [2.24, 2.45) is 5.92 Å². The van der Waals surface area contributed by atoms with Crippen molar-refractivity contribution < 1.29 is 14.7 Å². The summed E-state index contributed by atoms with van der Waals surface area (Å²) in [6.07, 6.45) is 1.84. The highest BCUT2D eigenvalue weighted by atomic mass is 32.2. The van der Waals surface area contributed by atoms with E-state index in [-0.39, 0.29) is 11.8 Å². The Balaban J connectivity index is 2.32. The molecular formula is C11H19NO3S. The van der Waals surface area contributed by atoms with E-state index in [1.807, 2.05) is 11.8 Å². The Hall–Kier alpha value is -0.710. The first kappa shape index (κ1) is 13.4. The minimum atomic E-state index is -0.777. The number of rotatable bonds is 6. The number of carbonyl (C=O) groups excluding carboxylic acids is 1. The molecule has 1 unspecified atom stereocenters. The molecular weight excluding hydrogens is 226 g/mol. The van der Waals surface area contributed by atoms with E-state index in [0.717, 1.165) is 17.9 Å². The summed E-state index contributed by atoms with van der Waals surface area (Å²) in [5.74, 6) is 1.10. The van der Waals surface area contributed by atoms with Gasteiger partial charge in [0.05, 0.1) is 5.92 Å². The van der Waals surface area contributed by atoms with Crippen molar-refractivity contribution in [3.05, 3.63) is 0 Å². The molecule has 0 bridgehead atoms. The number of hydrogen-bond donors (Lipinski definition) is 1. The number of nitrogens with zero attached hydrogens (tertiary/aromatic N) is 1. The summed E-state index contributed by atoms with van der Waals surface area (Å²) in [4.78, 5) is 24.1. The van der Waals surface area contributed by atoms with Crippen LogP contribution in [0, 0.1) is 5.92 Å². The topological polar surface area (TPSA) is 57.6 Å². The van der Waals surface area contributed by atoms with E-state index in [1.54, 1.807) is 4.90 Å². The fourth-order valence-electron chi connectivity index (χ4n) is 1.83. The van der Waals surface area contributed by atoms with Crippen LogP contribution >= 0.6 is 11.8 Å². The Morgan fingerprint density at radius 1 is 1.62 bits per heavy atom. The first-order chi connectivity index (χ1) is 7.65. The second-order valence-corrected chi connectivity index (χ2v) is 5.36. The number of aliphatic carboxylic acids is 1. The van der Waals surface area contributed by atoms with Crippen molar-refractivity contribution in [1.29, 1.82) is 0 Å². The molecule has 0 aromatic carbocycles. The summed E-state index contributed by atoms with van der Waals surface area (Å²) >= 11 is 1.85. The zero-order valence-electron chi connectivity index (χ0n) is 9.65. The van der Waals surface area contributed by atoms with E-state index < -0.39 is 5.97 Å².